The number of pyridine rings is 2. The number of rotatable bonds is 5. The molecule has 1 aliphatic heterocycles. The van der Waals surface area contributed by atoms with Crippen LogP contribution in [0, 0.1) is 29.5 Å². The number of hydrogen-bond donors (Lipinski definition) is 0. The minimum atomic E-state index is -0.516. The van der Waals surface area contributed by atoms with Gasteiger partial charge in [0.15, 0.2) is 0 Å². The fourth-order valence-electron chi connectivity index (χ4n) is 6.22. The van der Waals surface area contributed by atoms with Gasteiger partial charge in [0.25, 0.3) is 0 Å². The van der Waals surface area contributed by atoms with Crippen molar-refractivity contribution in [2.45, 2.75) is 78.0 Å². The zero-order valence-electron chi connectivity index (χ0n) is 25.0. The van der Waals surface area contributed by atoms with E-state index >= 15 is 0 Å². The number of aromatic nitrogens is 6. The van der Waals surface area contributed by atoms with E-state index < -0.39 is 17.5 Å². The topological polar surface area (TPSA) is 123 Å². The average molecular weight is 587 g/mol. The molecule has 1 saturated heterocycles. The molecule has 2 fully saturated rings. The molecule has 4 aromatic heterocycles. The Morgan fingerprint density at radius 2 is 1.91 bits per heavy atom. The first kappa shape index (κ1) is 28.6. The van der Waals surface area contributed by atoms with Gasteiger partial charge in [-0.25, -0.2) is 18.9 Å². The predicted molar refractivity (Wildman–Crippen MR) is 155 cm³/mol. The molecular formula is C31H35FN8O3. The van der Waals surface area contributed by atoms with Crippen molar-refractivity contribution in [2.75, 3.05) is 13.1 Å². The summed E-state index contributed by atoms with van der Waals surface area (Å²) in [5.41, 5.74) is 3.53. The highest BCUT2D eigenvalue weighted by atomic mass is 19.1. The second-order valence-corrected chi connectivity index (χ2v) is 12.7. The molecule has 0 radical (unpaired) electrons. The molecule has 1 saturated carbocycles. The van der Waals surface area contributed by atoms with Crippen LogP contribution in [-0.4, -0.2) is 59.0 Å². The Balaban J connectivity index is 1.20. The molecule has 0 unspecified atom stereocenters. The van der Waals surface area contributed by atoms with Gasteiger partial charge in [-0.2, -0.15) is 5.26 Å². The maximum absolute atomic E-state index is 13.4. The molecule has 4 aromatic rings. The largest absolute Gasteiger partial charge is 0.469 e. The summed E-state index contributed by atoms with van der Waals surface area (Å²) in [6, 6.07) is 8.99. The lowest BCUT2D eigenvalue weighted by atomic mass is 9.60. The van der Waals surface area contributed by atoms with Crippen LogP contribution in [0.1, 0.15) is 82.6 Å². The van der Waals surface area contributed by atoms with E-state index in [4.69, 9.17) is 9.47 Å². The molecule has 12 heteroatoms. The Hall–Kier alpha value is -4.53. The van der Waals surface area contributed by atoms with Crippen molar-refractivity contribution in [1.29, 1.82) is 5.26 Å². The summed E-state index contributed by atoms with van der Waals surface area (Å²) in [6.07, 6.45) is 5.76. The van der Waals surface area contributed by atoms with E-state index in [1.54, 1.807) is 10.5 Å². The van der Waals surface area contributed by atoms with Crippen LogP contribution in [0.15, 0.2) is 36.7 Å². The molecule has 2 aliphatic rings. The van der Waals surface area contributed by atoms with Crippen molar-refractivity contribution >= 4 is 11.7 Å². The summed E-state index contributed by atoms with van der Waals surface area (Å²) in [5, 5.41) is 18.8. The standard InChI is InChI=1S/C31H35FN8O3/c1-19-28(36-37-40(19)23-14-31(15-23)8-10-38(11-9-31)29(41)43-30(3,4)5)21-12-26-35-18-24(16-33)39(26)27(13-21)42-20(2)25-7-6-22(32)17-34-25/h6-7,12-13,17-18,20,23H,8-11,14-15H2,1-5H3/t20-/m1/s1. The molecule has 1 amide bonds. The Bertz CT molecular complexity index is 1700. The monoisotopic (exact) mass is 586 g/mol. The number of amides is 1. The van der Waals surface area contributed by atoms with Gasteiger partial charge >= 0.3 is 6.09 Å². The summed E-state index contributed by atoms with van der Waals surface area (Å²) in [5.74, 6) is -0.0302. The molecule has 1 aliphatic carbocycles. The van der Waals surface area contributed by atoms with Gasteiger partial charge in [0.05, 0.1) is 29.8 Å². The van der Waals surface area contributed by atoms with Crippen LogP contribution < -0.4 is 4.74 Å². The van der Waals surface area contributed by atoms with E-state index in [-0.39, 0.29) is 17.6 Å². The summed E-state index contributed by atoms with van der Waals surface area (Å²) in [7, 11) is 0. The maximum Gasteiger partial charge on any atom is 0.410 e. The first-order valence-corrected chi connectivity index (χ1v) is 14.6. The van der Waals surface area contributed by atoms with Crippen LogP contribution in [-0.2, 0) is 4.74 Å². The number of imidazole rings is 1. The van der Waals surface area contributed by atoms with Crippen molar-refractivity contribution in [1.82, 2.24) is 34.3 Å². The van der Waals surface area contributed by atoms with Gasteiger partial charge in [-0.05, 0) is 83.9 Å². The molecule has 224 valence electrons. The van der Waals surface area contributed by atoms with Crippen LogP contribution in [0.3, 0.4) is 0 Å². The van der Waals surface area contributed by atoms with Gasteiger partial charge < -0.3 is 14.4 Å². The van der Waals surface area contributed by atoms with E-state index in [2.05, 4.69) is 26.3 Å². The first-order valence-electron chi connectivity index (χ1n) is 14.6. The SMILES string of the molecule is Cc1c(-c2cc(O[C@H](C)c3ccc(F)cn3)n3c(C#N)cnc3c2)nnn1C1CC2(CCN(C(=O)OC(C)(C)C)CC2)C1. The molecule has 11 nitrogen and oxygen atoms in total. The number of hydrogen-bond acceptors (Lipinski definition) is 8. The third kappa shape index (κ3) is 5.51. The number of carbonyl (C=O) groups is 1. The second-order valence-electron chi connectivity index (χ2n) is 12.7. The van der Waals surface area contributed by atoms with E-state index in [1.165, 1.54) is 12.3 Å². The second kappa shape index (κ2) is 10.6. The molecule has 0 bridgehead atoms. The highest BCUT2D eigenvalue weighted by Crippen LogP contribution is 2.55. The van der Waals surface area contributed by atoms with Crippen molar-refractivity contribution < 1.29 is 18.7 Å². The number of carbonyl (C=O) groups excluding carboxylic acids is 1. The minimum Gasteiger partial charge on any atom is -0.469 e. The number of piperidine rings is 1. The van der Waals surface area contributed by atoms with Gasteiger partial charge in [0.2, 0.25) is 5.88 Å². The highest BCUT2D eigenvalue weighted by Gasteiger charge is 2.48. The molecule has 0 N–H and O–H groups in total. The molecule has 6 rings (SSSR count). The molecule has 43 heavy (non-hydrogen) atoms. The van der Waals surface area contributed by atoms with Crippen molar-refractivity contribution in [3.63, 3.8) is 0 Å². The minimum absolute atomic E-state index is 0.204. The van der Waals surface area contributed by atoms with Gasteiger partial charge in [-0.15, -0.1) is 5.10 Å². The number of halogens is 1. The Morgan fingerprint density at radius 3 is 2.56 bits per heavy atom. The molecule has 5 heterocycles. The third-order valence-corrected chi connectivity index (χ3v) is 8.51. The Kier molecular flexibility index (Phi) is 7.07. The number of nitrogens with zero attached hydrogens (tertiary/aromatic N) is 8. The summed E-state index contributed by atoms with van der Waals surface area (Å²) in [6.45, 7) is 10.9. The molecule has 1 spiro atoms. The predicted octanol–water partition coefficient (Wildman–Crippen LogP) is 5.80. The summed E-state index contributed by atoms with van der Waals surface area (Å²) < 4.78 is 28.9. The van der Waals surface area contributed by atoms with Crippen LogP contribution in [0.4, 0.5) is 9.18 Å². The molecule has 1 atom stereocenters. The van der Waals surface area contributed by atoms with Crippen LogP contribution in [0.25, 0.3) is 16.9 Å². The first-order chi connectivity index (χ1) is 20.4. The van der Waals surface area contributed by atoms with Crippen LogP contribution >= 0.6 is 0 Å². The Labute approximate surface area is 249 Å². The summed E-state index contributed by atoms with van der Waals surface area (Å²) >= 11 is 0. The van der Waals surface area contributed by atoms with E-state index in [0.29, 0.717) is 41.7 Å². The fraction of sp³-hybridized carbons (Fsp3) is 0.484. The number of likely N-dealkylation sites (tertiary alicyclic amines) is 1. The zero-order chi connectivity index (χ0) is 30.5. The average Bonchev–Trinajstić information content (AvgIpc) is 3.54. The number of fused-ring (bicyclic) bond motifs is 1. The van der Waals surface area contributed by atoms with E-state index in [1.807, 2.05) is 56.3 Å². The van der Waals surface area contributed by atoms with E-state index in [0.717, 1.165) is 43.1 Å². The van der Waals surface area contributed by atoms with Crippen molar-refractivity contribution in [3.05, 3.63) is 59.6 Å². The normalized spacial score (nSPS) is 17.5. The molecule has 0 aromatic carbocycles. The van der Waals surface area contributed by atoms with Crippen molar-refractivity contribution in [3.8, 4) is 23.2 Å². The summed E-state index contributed by atoms with van der Waals surface area (Å²) in [4.78, 5) is 22.9. The smallest absolute Gasteiger partial charge is 0.410 e. The lowest BCUT2D eigenvalue weighted by Crippen LogP contribution is -2.50. The number of ether oxygens (including phenoxy) is 2. The van der Waals surface area contributed by atoms with Gasteiger partial charge in [0.1, 0.15) is 40.6 Å². The molecular weight excluding hydrogens is 551 g/mol. The highest BCUT2D eigenvalue weighted by molar-refractivity contribution is 5.69. The van der Waals surface area contributed by atoms with Crippen LogP contribution in [0.2, 0.25) is 0 Å². The zero-order valence-corrected chi connectivity index (χ0v) is 25.0. The lowest BCUT2D eigenvalue weighted by molar-refractivity contribution is -0.0265. The third-order valence-electron chi connectivity index (χ3n) is 8.51. The Morgan fingerprint density at radius 1 is 1.16 bits per heavy atom. The van der Waals surface area contributed by atoms with Crippen LogP contribution in [0.5, 0.6) is 5.88 Å². The maximum atomic E-state index is 13.4. The lowest BCUT2D eigenvalue weighted by Gasteiger charge is -2.52. The fourth-order valence-corrected chi connectivity index (χ4v) is 6.22. The number of nitriles is 1. The van der Waals surface area contributed by atoms with Crippen molar-refractivity contribution in [2.24, 2.45) is 5.41 Å². The quantitative estimate of drug-likeness (QED) is 0.288. The van der Waals surface area contributed by atoms with Gasteiger partial charge in [-0.1, -0.05) is 5.21 Å². The van der Waals surface area contributed by atoms with E-state index in [9.17, 15) is 14.4 Å². The van der Waals surface area contributed by atoms with Gasteiger partial charge in [-0.3, -0.25) is 9.38 Å². The van der Waals surface area contributed by atoms with Gasteiger partial charge in [0, 0.05) is 24.7 Å².